The number of aromatic amines is 1. The summed E-state index contributed by atoms with van der Waals surface area (Å²) in [6.45, 7) is 0.596. The zero-order valence-corrected chi connectivity index (χ0v) is 18.0. The topological polar surface area (TPSA) is 138 Å². The molecule has 5 rings (SSSR count). The Labute approximate surface area is 191 Å². The highest BCUT2D eigenvalue weighted by Gasteiger charge is 2.20. The van der Waals surface area contributed by atoms with Crippen molar-refractivity contribution in [2.24, 2.45) is 0 Å². The largest absolute Gasteiger partial charge is 0.482 e. The minimum absolute atomic E-state index is 0.0169. The molecule has 33 heavy (non-hydrogen) atoms. The predicted molar refractivity (Wildman–Crippen MR) is 121 cm³/mol. The number of benzene rings is 1. The van der Waals surface area contributed by atoms with Gasteiger partial charge in [0.05, 0.1) is 16.8 Å². The van der Waals surface area contributed by atoms with E-state index in [4.69, 9.17) is 4.74 Å². The van der Waals surface area contributed by atoms with Crippen LogP contribution in [-0.2, 0) is 17.9 Å². The summed E-state index contributed by atoms with van der Waals surface area (Å²) in [5.74, 6) is -0.365. The number of amides is 3. The van der Waals surface area contributed by atoms with E-state index in [0.29, 0.717) is 34.6 Å². The van der Waals surface area contributed by atoms with Crippen LogP contribution in [0.2, 0.25) is 0 Å². The molecule has 0 fully saturated rings. The predicted octanol–water partition coefficient (Wildman–Crippen LogP) is 2.21. The first-order chi connectivity index (χ1) is 16.1. The molecule has 0 radical (unpaired) electrons. The van der Waals surface area contributed by atoms with Gasteiger partial charge in [0, 0.05) is 19.3 Å². The summed E-state index contributed by atoms with van der Waals surface area (Å²) < 4.78 is 5.34. The summed E-state index contributed by atoms with van der Waals surface area (Å²) in [6.07, 6.45) is 2.78. The number of carbonyl (C=O) groups excluding carboxylic acids is 3. The van der Waals surface area contributed by atoms with Gasteiger partial charge in [0.15, 0.2) is 12.3 Å². The average molecular weight is 462 g/mol. The van der Waals surface area contributed by atoms with Crippen molar-refractivity contribution >= 4 is 45.8 Å². The monoisotopic (exact) mass is 462 g/mol. The highest BCUT2D eigenvalue weighted by atomic mass is 32.1. The van der Waals surface area contributed by atoms with Crippen LogP contribution in [0.1, 0.15) is 32.0 Å². The molecule has 4 heterocycles. The fraction of sp³-hybridized carbons (Fsp3) is 0.136. The average Bonchev–Trinajstić information content (AvgIpc) is 3.50. The van der Waals surface area contributed by atoms with E-state index in [2.05, 4.69) is 30.9 Å². The molecule has 0 saturated heterocycles. The van der Waals surface area contributed by atoms with Crippen LogP contribution in [0.3, 0.4) is 0 Å². The van der Waals surface area contributed by atoms with Gasteiger partial charge in [-0.05, 0) is 40.1 Å². The smallest absolute Gasteiger partial charge is 0.272 e. The van der Waals surface area contributed by atoms with E-state index in [1.807, 2.05) is 16.8 Å². The summed E-state index contributed by atoms with van der Waals surface area (Å²) in [4.78, 5) is 48.2. The van der Waals surface area contributed by atoms with E-state index in [1.54, 1.807) is 29.5 Å². The first kappa shape index (κ1) is 20.6. The quantitative estimate of drug-likeness (QED) is 0.347. The number of aromatic nitrogens is 3. The van der Waals surface area contributed by atoms with Crippen molar-refractivity contribution in [1.82, 2.24) is 25.6 Å². The van der Waals surface area contributed by atoms with Crippen molar-refractivity contribution < 1.29 is 19.1 Å². The van der Waals surface area contributed by atoms with Gasteiger partial charge < -0.3 is 25.7 Å². The zero-order valence-electron chi connectivity index (χ0n) is 17.2. The number of hydrogen-bond acceptors (Lipinski definition) is 7. The molecule has 3 amide bonds. The Morgan fingerprint density at radius 3 is 2.79 bits per heavy atom. The van der Waals surface area contributed by atoms with E-state index in [-0.39, 0.29) is 30.7 Å². The lowest BCUT2D eigenvalue weighted by atomic mass is 10.1. The van der Waals surface area contributed by atoms with Crippen LogP contribution < -0.4 is 20.7 Å². The van der Waals surface area contributed by atoms with Crippen molar-refractivity contribution in [3.05, 3.63) is 69.9 Å². The maximum Gasteiger partial charge on any atom is 0.272 e. The molecule has 4 N–H and O–H groups in total. The Hall–Kier alpha value is -4.25. The van der Waals surface area contributed by atoms with Crippen LogP contribution in [0.25, 0.3) is 11.0 Å². The molecular weight excluding hydrogens is 444 g/mol. The van der Waals surface area contributed by atoms with E-state index in [0.717, 1.165) is 11.1 Å². The van der Waals surface area contributed by atoms with Crippen molar-refractivity contribution in [2.75, 3.05) is 11.9 Å². The number of thiophene rings is 1. The molecule has 1 aliphatic rings. The molecule has 1 aliphatic heterocycles. The van der Waals surface area contributed by atoms with Crippen LogP contribution in [-0.4, -0.2) is 39.3 Å². The van der Waals surface area contributed by atoms with Gasteiger partial charge >= 0.3 is 0 Å². The molecule has 0 atom stereocenters. The molecule has 0 unspecified atom stereocenters. The minimum atomic E-state index is -0.424. The van der Waals surface area contributed by atoms with Gasteiger partial charge in [-0.2, -0.15) is 11.3 Å². The molecule has 0 spiro atoms. The van der Waals surface area contributed by atoms with Gasteiger partial charge in [-0.25, -0.2) is 9.97 Å². The molecule has 11 heteroatoms. The van der Waals surface area contributed by atoms with E-state index in [1.165, 1.54) is 12.5 Å². The summed E-state index contributed by atoms with van der Waals surface area (Å²) in [7, 11) is 0. The molecule has 10 nitrogen and oxygen atoms in total. The molecular formula is C22H18N6O4S. The maximum atomic E-state index is 12.8. The second-order valence-electron chi connectivity index (χ2n) is 7.31. The zero-order chi connectivity index (χ0) is 22.8. The lowest BCUT2D eigenvalue weighted by Crippen LogP contribution is -2.26. The number of nitrogens with one attached hydrogen (secondary N) is 4. The van der Waals surface area contributed by atoms with Crippen LogP contribution in [0, 0.1) is 0 Å². The minimum Gasteiger partial charge on any atom is -0.482 e. The fourth-order valence-corrected chi connectivity index (χ4v) is 4.13. The molecule has 0 saturated carbocycles. The SMILES string of the molecule is O=C1COc2ccc(CNC(=O)c3ncnc4c(C(=O)NCc5ccsc5)c[nH]c34)cc2N1. The van der Waals surface area contributed by atoms with Gasteiger partial charge in [0.25, 0.3) is 17.7 Å². The van der Waals surface area contributed by atoms with Crippen LogP contribution in [0.5, 0.6) is 5.75 Å². The number of rotatable bonds is 6. The Morgan fingerprint density at radius 2 is 1.94 bits per heavy atom. The second-order valence-corrected chi connectivity index (χ2v) is 8.09. The third-order valence-electron chi connectivity index (χ3n) is 5.09. The van der Waals surface area contributed by atoms with E-state index in [9.17, 15) is 14.4 Å². The Kier molecular flexibility index (Phi) is 5.45. The Morgan fingerprint density at radius 1 is 1.09 bits per heavy atom. The number of ether oxygens (including phenoxy) is 1. The first-order valence-electron chi connectivity index (χ1n) is 10.0. The number of anilines is 1. The highest BCUT2D eigenvalue weighted by Crippen LogP contribution is 2.28. The number of nitrogens with zero attached hydrogens (tertiary/aromatic N) is 2. The molecule has 1 aromatic carbocycles. The number of hydrogen-bond donors (Lipinski definition) is 4. The van der Waals surface area contributed by atoms with Gasteiger partial charge in [-0.15, -0.1) is 0 Å². The van der Waals surface area contributed by atoms with Crippen molar-refractivity contribution in [2.45, 2.75) is 13.1 Å². The van der Waals surface area contributed by atoms with Gasteiger partial charge in [0.1, 0.15) is 17.6 Å². The molecule has 166 valence electrons. The molecule has 4 aromatic rings. The maximum absolute atomic E-state index is 12.8. The summed E-state index contributed by atoms with van der Waals surface area (Å²) >= 11 is 1.56. The second kappa shape index (κ2) is 8.71. The number of H-pyrrole nitrogens is 1. The van der Waals surface area contributed by atoms with Crippen LogP contribution in [0.15, 0.2) is 47.5 Å². The summed E-state index contributed by atoms with van der Waals surface area (Å²) in [6, 6.07) is 7.23. The first-order valence-corrected chi connectivity index (χ1v) is 11.0. The lowest BCUT2D eigenvalue weighted by Gasteiger charge is -2.18. The lowest BCUT2D eigenvalue weighted by molar-refractivity contribution is -0.118. The normalized spacial score (nSPS) is 12.5. The van der Waals surface area contributed by atoms with Crippen LogP contribution in [0.4, 0.5) is 5.69 Å². The Bertz CT molecular complexity index is 1360. The van der Waals surface area contributed by atoms with Crippen molar-refractivity contribution in [3.8, 4) is 5.75 Å². The Balaban J connectivity index is 1.29. The third-order valence-corrected chi connectivity index (χ3v) is 5.82. The van der Waals surface area contributed by atoms with E-state index < -0.39 is 5.91 Å². The number of carbonyl (C=O) groups is 3. The van der Waals surface area contributed by atoms with E-state index >= 15 is 0 Å². The van der Waals surface area contributed by atoms with Crippen molar-refractivity contribution in [3.63, 3.8) is 0 Å². The van der Waals surface area contributed by atoms with Gasteiger partial charge in [-0.1, -0.05) is 6.07 Å². The standard InChI is InChI=1S/C22H18N6O4S/c29-17-9-32-16-2-1-12(5-15(16)28-17)6-25-22(31)20-19-18(26-11-27-20)14(8-23-19)21(30)24-7-13-3-4-33-10-13/h1-5,8,10-11,23H,6-7,9H2,(H,24,30)(H,25,31)(H,28,29). The molecule has 0 bridgehead atoms. The molecule has 0 aliphatic carbocycles. The van der Waals surface area contributed by atoms with Gasteiger partial charge in [0.2, 0.25) is 0 Å². The molecule has 3 aromatic heterocycles. The third kappa shape index (κ3) is 4.26. The number of fused-ring (bicyclic) bond motifs is 2. The summed E-state index contributed by atoms with van der Waals surface area (Å²) in [5.41, 5.74) is 3.56. The summed E-state index contributed by atoms with van der Waals surface area (Å²) in [5, 5.41) is 12.3. The fourth-order valence-electron chi connectivity index (χ4n) is 3.46. The van der Waals surface area contributed by atoms with Crippen LogP contribution >= 0.6 is 11.3 Å². The van der Waals surface area contributed by atoms with Crippen molar-refractivity contribution in [1.29, 1.82) is 0 Å². The van der Waals surface area contributed by atoms with Gasteiger partial charge in [-0.3, -0.25) is 14.4 Å². The highest BCUT2D eigenvalue weighted by molar-refractivity contribution is 7.07.